The van der Waals surface area contributed by atoms with E-state index in [-0.39, 0.29) is 5.69 Å². The number of rotatable bonds is 4. The molecule has 2 aromatic carbocycles. The third-order valence-electron chi connectivity index (χ3n) is 3.17. The lowest BCUT2D eigenvalue weighted by molar-refractivity contribution is -0.384. The molecular formula is C16H14ClN3O3. The number of nitrogens with zero attached hydrogens (tertiary/aromatic N) is 2. The van der Waals surface area contributed by atoms with Gasteiger partial charge in [-0.3, -0.25) is 14.9 Å². The number of nitrogens with one attached hydrogen (secondary N) is 1. The molecule has 0 saturated carbocycles. The lowest BCUT2D eigenvalue weighted by Gasteiger charge is -2.05. The van der Waals surface area contributed by atoms with Crippen LogP contribution in [0.25, 0.3) is 0 Å². The second-order valence-electron chi connectivity index (χ2n) is 4.93. The number of amides is 1. The molecule has 7 heteroatoms. The van der Waals surface area contributed by atoms with Gasteiger partial charge in [0.15, 0.2) is 0 Å². The fraction of sp³-hybridized carbons (Fsp3) is 0.125. The van der Waals surface area contributed by atoms with E-state index in [1.54, 1.807) is 37.3 Å². The molecular weight excluding hydrogens is 318 g/mol. The summed E-state index contributed by atoms with van der Waals surface area (Å²) in [5, 5.41) is 15.1. The first kappa shape index (κ1) is 16.6. The molecule has 2 rings (SSSR count). The van der Waals surface area contributed by atoms with Gasteiger partial charge in [0.25, 0.3) is 11.6 Å². The smallest absolute Gasteiger partial charge is 0.267 e. The highest BCUT2D eigenvalue weighted by Gasteiger charge is 2.11. The van der Waals surface area contributed by atoms with Crippen LogP contribution in [-0.4, -0.2) is 16.5 Å². The molecule has 0 spiro atoms. The molecule has 118 valence electrons. The molecule has 0 unspecified atom stereocenters. The number of nitro benzene ring substituents is 1. The number of carbonyl (C=O) groups is 1. The SMILES string of the molecule is C/C(=N\NC(=O)c1ccc(C)cc1Cl)c1cccc([N+](=O)[O-])c1. The quantitative estimate of drug-likeness (QED) is 0.526. The zero-order chi connectivity index (χ0) is 17.0. The fourth-order valence-corrected chi connectivity index (χ4v) is 2.23. The van der Waals surface area contributed by atoms with E-state index >= 15 is 0 Å². The zero-order valence-electron chi connectivity index (χ0n) is 12.5. The molecule has 6 nitrogen and oxygen atoms in total. The van der Waals surface area contributed by atoms with Crippen molar-refractivity contribution in [2.24, 2.45) is 5.10 Å². The molecule has 23 heavy (non-hydrogen) atoms. The number of benzene rings is 2. The molecule has 0 radical (unpaired) electrons. The van der Waals surface area contributed by atoms with Gasteiger partial charge < -0.3 is 0 Å². The second-order valence-corrected chi connectivity index (χ2v) is 5.34. The molecule has 0 aliphatic rings. The highest BCUT2D eigenvalue weighted by Crippen LogP contribution is 2.17. The molecule has 2 aromatic rings. The van der Waals surface area contributed by atoms with Crippen molar-refractivity contribution in [1.82, 2.24) is 5.43 Å². The number of nitro groups is 1. The average molecular weight is 332 g/mol. The first-order valence-electron chi connectivity index (χ1n) is 6.74. The Morgan fingerprint density at radius 2 is 2.00 bits per heavy atom. The Kier molecular flexibility index (Phi) is 5.08. The van der Waals surface area contributed by atoms with Crippen molar-refractivity contribution in [2.45, 2.75) is 13.8 Å². The number of carbonyl (C=O) groups excluding carboxylic acids is 1. The third kappa shape index (κ3) is 4.14. The van der Waals surface area contributed by atoms with E-state index in [0.717, 1.165) is 5.56 Å². The Bertz CT molecular complexity index is 803. The van der Waals surface area contributed by atoms with Crippen LogP contribution in [0, 0.1) is 17.0 Å². The van der Waals surface area contributed by atoms with Gasteiger partial charge in [-0.2, -0.15) is 5.10 Å². The molecule has 0 saturated heterocycles. The molecule has 0 aromatic heterocycles. The summed E-state index contributed by atoms with van der Waals surface area (Å²) in [4.78, 5) is 22.4. The van der Waals surface area contributed by atoms with Gasteiger partial charge in [0.1, 0.15) is 0 Å². The summed E-state index contributed by atoms with van der Waals surface area (Å²) in [7, 11) is 0. The van der Waals surface area contributed by atoms with Crippen LogP contribution in [0.1, 0.15) is 28.4 Å². The lowest BCUT2D eigenvalue weighted by Crippen LogP contribution is -2.19. The van der Waals surface area contributed by atoms with Crippen molar-refractivity contribution >= 4 is 28.9 Å². The lowest BCUT2D eigenvalue weighted by atomic mass is 10.1. The number of hydrogen-bond donors (Lipinski definition) is 1. The topological polar surface area (TPSA) is 84.6 Å². The number of non-ortho nitro benzene ring substituents is 1. The van der Waals surface area contributed by atoms with Crippen molar-refractivity contribution in [2.75, 3.05) is 0 Å². The van der Waals surface area contributed by atoms with E-state index in [1.807, 2.05) is 6.92 Å². The van der Waals surface area contributed by atoms with E-state index < -0.39 is 10.8 Å². The molecule has 0 heterocycles. The van der Waals surface area contributed by atoms with Crippen molar-refractivity contribution in [1.29, 1.82) is 0 Å². The number of aryl methyl sites for hydroxylation is 1. The molecule has 0 fully saturated rings. The monoisotopic (exact) mass is 331 g/mol. The standard InChI is InChI=1S/C16H14ClN3O3/c1-10-6-7-14(15(17)8-10)16(21)19-18-11(2)12-4-3-5-13(9-12)20(22)23/h3-9H,1-2H3,(H,19,21)/b18-11+. The molecule has 0 aliphatic carbocycles. The van der Waals surface area contributed by atoms with Crippen LogP contribution in [-0.2, 0) is 0 Å². The second kappa shape index (κ2) is 7.02. The Labute approximate surface area is 137 Å². The van der Waals surface area contributed by atoms with Crippen molar-refractivity contribution < 1.29 is 9.72 Å². The zero-order valence-corrected chi connectivity index (χ0v) is 13.3. The summed E-state index contributed by atoms with van der Waals surface area (Å²) in [6.07, 6.45) is 0. The van der Waals surface area contributed by atoms with Crippen LogP contribution >= 0.6 is 11.6 Å². The van der Waals surface area contributed by atoms with E-state index in [0.29, 0.717) is 21.9 Å². The summed E-state index contributed by atoms with van der Waals surface area (Å²) in [5.74, 6) is -0.445. The summed E-state index contributed by atoms with van der Waals surface area (Å²) >= 11 is 6.03. The van der Waals surface area contributed by atoms with Crippen molar-refractivity contribution in [3.8, 4) is 0 Å². The van der Waals surface area contributed by atoms with Gasteiger partial charge in [0, 0.05) is 17.7 Å². The predicted octanol–water partition coefficient (Wildman–Crippen LogP) is 3.71. The number of hydrogen-bond acceptors (Lipinski definition) is 4. The van der Waals surface area contributed by atoms with Gasteiger partial charge >= 0.3 is 0 Å². The first-order chi connectivity index (χ1) is 10.9. The molecule has 1 amide bonds. The van der Waals surface area contributed by atoms with Gasteiger partial charge in [-0.1, -0.05) is 29.8 Å². The summed E-state index contributed by atoms with van der Waals surface area (Å²) in [6, 6.07) is 11.1. The minimum absolute atomic E-state index is 0.0371. The molecule has 0 aliphatic heterocycles. The third-order valence-corrected chi connectivity index (χ3v) is 3.48. The summed E-state index contributed by atoms with van der Waals surface area (Å²) in [6.45, 7) is 3.52. The van der Waals surface area contributed by atoms with Gasteiger partial charge in [0.2, 0.25) is 0 Å². The maximum Gasteiger partial charge on any atom is 0.272 e. The number of hydrazone groups is 1. The van der Waals surface area contributed by atoms with Crippen LogP contribution in [0.5, 0.6) is 0 Å². The number of halogens is 1. The largest absolute Gasteiger partial charge is 0.272 e. The van der Waals surface area contributed by atoms with E-state index in [4.69, 9.17) is 11.6 Å². The highest BCUT2D eigenvalue weighted by atomic mass is 35.5. The first-order valence-corrected chi connectivity index (χ1v) is 7.12. The van der Waals surface area contributed by atoms with Crippen molar-refractivity contribution in [3.05, 3.63) is 74.3 Å². The van der Waals surface area contributed by atoms with Gasteiger partial charge in [0.05, 0.1) is 21.2 Å². The maximum atomic E-state index is 12.1. The van der Waals surface area contributed by atoms with E-state index in [1.165, 1.54) is 12.1 Å². The normalized spacial score (nSPS) is 11.2. The summed E-state index contributed by atoms with van der Waals surface area (Å²) < 4.78 is 0. The maximum absolute atomic E-state index is 12.1. The van der Waals surface area contributed by atoms with Gasteiger partial charge in [-0.25, -0.2) is 5.43 Å². The van der Waals surface area contributed by atoms with Crippen LogP contribution in [0.3, 0.4) is 0 Å². The fourth-order valence-electron chi connectivity index (χ4n) is 1.91. The van der Waals surface area contributed by atoms with E-state index in [2.05, 4.69) is 10.5 Å². The minimum atomic E-state index is -0.485. The average Bonchev–Trinajstić information content (AvgIpc) is 2.52. The van der Waals surface area contributed by atoms with Gasteiger partial charge in [-0.15, -0.1) is 0 Å². The molecule has 0 atom stereocenters. The molecule has 0 bridgehead atoms. The predicted molar refractivity (Wildman–Crippen MR) is 89.0 cm³/mol. The molecule has 1 N–H and O–H groups in total. The van der Waals surface area contributed by atoms with Crippen LogP contribution in [0.15, 0.2) is 47.6 Å². The Balaban J connectivity index is 2.17. The van der Waals surface area contributed by atoms with Crippen LogP contribution < -0.4 is 5.43 Å². The van der Waals surface area contributed by atoms with Gasteiger partial charge in [-0.05, 0) is 31.5 Å². The summed E-state index contributed by atoms with van der Waals surface area (Å²) in [5.41, 5.74) is 4.62. The Hall–Kier alpha value is -2.73. The minimum Gasteiger partial charge on any atom is -0.267 e. The van der Waals surface area contributed by atoms with Crippen molar-refractivity contribution in [3.63, 3.8) is 0 Å². The van der Waals surface area contributed by atoms with Crippen LogP contribution in [0.4, 0.5) is 5.69 Å². The highest BCUT2D eigenvalue weighted by molar-refractivity contribution is 6.33. The Morgan fingerprint density at radius 3 is 2.65 bits per heavy atom. The Morgan fingerprint density at radius 1 is 1.26 bits per heavy atom. The van der Waals surface area contributed by atoms with Crippen LogP contribution in [0.2, 0.25) is 5.02 Å². The van der Waals surface area contributed by atoms with E-state index in [9.17, 15) is 14.9 Å².